The van der Waals surface area contributed by atoms with Crippen molar-refractivity contribution in [1.82, 2.24) is 10.4 Å². The van der Waals surface area contributed by atoms with Crippen molar-refractivity contribution >= 4 is 22.6 Å². The number of nitrogens with one attached hydrogen (secondary N) is 1. The molecule has 1 aromatic carbocycles. The molecule has 0 bridgehead atoms. The number of halogens is 1. The molecular weight excluding hydrogens is 272 g/mol. The van der Waals surface area contributed by atoms with Crippen LogP contribution < -0.4 is 5.43 Å². The molecule has 0 radical (unpaired) electrons. The van der Waals surface area contributed by atoms with Crippen LogP contribution >= 0.6 is 11.6 Å². The van der Waals surface area contributed by atoms with Gasteiger partial charge in [-0.25, -0.2) is 5.01 Å². The fourth-order valence-corrected chi connectivity index (χ4v) is 3.39. The van der Waals surface area contributed by atoms with Crippen LogP contribution in [-0.2, 0) is 6.54 Å². The zero-order valence-electron chi connectivity index (χ0n) is 12.0. The lowest BCUT2D eigenvalue weighted by atomic mass is 10.00. The van der Waals surface area contributed by atoms with Crippen LogP contribution in [0.25, 0.3) is 11.0 Å². The second-order valence-electron chi connectivity index (χ2n) is 5.72. The molecule has 4 heteroatoms. The van der Waals surface area contributed by atoms with Crippen LogP contribution in [0.4, 0.5) is 0 Å². The molecule has 3 nitrogen and oxygen atoms in total. The van der Waals surface area contributed by atoms with E-state index in [0.29, 0.717) is 23.8 Å². The maximum absolute atomic E-state index is 6.23. The Morgan fingerprint density at radius 3 is 2.70 bits per heavy atom. The van der Waals surface area contributed by atoms with Crippen molar-refractivity contribution in [3.63, 3.8) is 0 Å². The van der Waals surface area contributed by atoms with Gasteiger partial charge in [-0.1, -0.05) is 24.6 Å². The number of rotatable bonds is 3. The molecular formula is C16H21ClN2O. The Hall–Kier alpha value is -1.03. The van der Waals surface area contributed by atoms with Gasteiger partial charge in [-0.2, -0.15) is 0 Å². The Morgan fingerprint density at radius 2 is 1.95 bits per heavy atom. The first-order chi connectivity index (χ1) is 9.66. The van der Waals surface area contributed by atoms with Gasteiger partial charge in [0.05, 0.1) is 0 Å². The fraction of sp³-hybridized carbons (Fsp3) is 0.500. The van der Waals surface area contributed by atoms with Gasteiger partial charge in [-0.3, -0.25) is 5.43 Å². The molecule has 20 heavy (non-hydrogen) atoms. The number of piperidine rings is 1. The summed E-state index contributed by atoms with van der Waals surface area (Å²) in [5.41, 5.74) is 5.45. The first kappa shape index (κ1) is 13.9. The van der Waals surface area contributed by atoms with E-state index in [2.05, 4.69) is 30.3 Å². The molecule has 1 saturated heterocycles. The molecule has 2 heterocycles. The highest BCUT2D eigenvalue weighted by molar-refractivity contribution is 6.30. The first-order valence-electron chi connectivity index (χ1n) is 7.34. The summed E-state index contributed by atoms with van der Waals surface area (Å²) >= 11 is 6.23. The zero-order valence-corrected chi connectivity index (χ0v) is 12.8. The number of furan rings is 1. The molecule has 108 valence electrons. The van der Waals surface area contributed by atoms with Crippen molar-refractivity contribution in [2.75, 3.05) is 0 Å². The van der Waals surface area contributed by atoms with Crippen molar-refractivity contribution < 1.29 is 4.42 Å². The molecule has 1 fully saturated rings. The van der Waals surface area contributed by atoms with Crippen molar-refractivity contribution in [3.05, 3.63) is 35.0 Å². The molecule has 2 aromatic rings. The Bertz CT molecular complexity index is 585. The highest BCUT2D eigenvalue weighted by Gasteiger charge is 2.25. The van der Waals surface area contributed by atoms with E-state index in [1.807, 2.05) is 18.2 Å². The third-order valence-electron chi connectivity index (χ3n) is 4.28. The SMILES string of the molecule is CC1CCCC(C)N1NCc1c(Cl)oc2ccccc12. The molecule has 2 atom stereocenters. The van der Waals surface area contributed by atoms with E-state index in [1.54, 1.807) is 0 Å². The minimum absolute atomic E-state index is 0.496. The summed E-state index contributed by atoms with van der Waals surface area (Å²) in [6, 6.07) is 9.13. The molecule has 1 aliphatic heterocycles. The zero-order chi connectivity index (χ0) is 14.1. The summed E-state index contributed by atoms with van der Waals surface area (Å²) < 4.78 is 5.60. The van der Waals surface area contributed by atoms with E-state index in [1.165, 1.54) is 19.3 Å². The van der Waals surface area contributed by atoms with Crippen LogP contribution in [0.1, 0.15) is 38.7 Å². The van der Waals surface area contributed by atoms with Gasteiger partial charge in [-0.05, 0) is 44.4 Å². The van der Waals surface area contributed by atoms with Gasteiger partial charge >= 0.3 is 0 Å². The van der Waals surface area contributed by atoms with Crippen LogP contribution in [0, 0.1) is 0 Å². The second-order valence-corrected chi connectivity index (χ2v) is 6.06. The maximum Gasteiger partial charge on any atom is 0.199 e. The molecule has 2 unspecified atom stereocenters. The lowest BCUT2D eigenvalue weighted by Gasteiger charge is -2.39. The molecule has 0 saturated carbocycles. The maximum atomic E-state index is 6.23. The van der Waals surface area contributed by atoms with E-state index < -0.39 is 0 Å². The van der Waals surface area contributed by atoms with Crippen LogP contribution in [0.15, 0.2) is 28.7 Å². The fourth-order valence-electron chi connectivity index (χ4n) is 3.14. The minimum atomic E-state index is 0.496. The predicted molar refractivity (Wildman–Crippen MR) is 82.7 cm³/mol. The smallest absolute Gasteiger partial charge is 0.199 e. The first-order valence-corrected chi connectivity index (χ1v) is 7.72. The van der Waals surface area contributed by atoms with Gasteiger partial charge in [0.1, 0.15) is 5.58 Å². The molecule has 3 rings (SSSR count). The number of benzene rings is 1. The number of fused-ring (bicyclic) bond motifs is 1. The van der Waals surface area contributed by atoms with Crippen LogP contribution in [0.2, 0.25) is 5.22 Å². The van der Waals surface area contributed by atoms with Gasteiger partial charge in [0.25, 0.3) is 0 Å². The van der Waals surface area contributed by atoms with Crippen LogP contribution in [-0.4, -0.2) is 17.1 Å². The lowest BCUT2D eigenvalue weighted by molar-refractivity contribution is 0.0436. The van der Waals surface area contributed by atoms with Crippen molar-refractivity contribution in [2.24, 2.45) is 0 Å². The van der Waals surface area contributed by atoms with E-state index in [0.717, 1.165) is 16.5 Å². The van der Waals surface area contributed by atoms with Gasteiger partial charge < -0.3 is 4.42 Å². The topological polar surface area (TPSA) is 28.4 Å². The molecule has 0 amide bonds. The van der Waals surface area contributed by atoms with Gasteiger partial charge in [0, 0.05) is 29.6 Å². The van der Waals surface area contributed by atoms with Crippen molar-refractivity contribution in [3.8, 4) is 0 Å². The molecule has 1 N–H and O–H groups in total. The summed E-state index contributed by atoms with van der Waals surface area (Å²) in [5.74, 6) is 0. The normalized spacial score (nSPS) is 24.4. The summed E-state index contributed by atoms with van der Waals surface area (Å²) in [6.07, 6.45) is 3.81. The molecule has 1 aliphatic rings. The van der Waals surface area contributed by atoms with Crippen molar-refractivity contribution in [1.29, 1.82) is 0 Å². The Labute approximate surface area is 124 Å². The minimum Gasteiger partial charge on any atom is -0.444 e. The average Bonchev–Trinajstić information content (AvgIpc) is 2.74. The summed E-state index contributed by atoms with van der Waals surface area (Å²) in [4.78, 5) is 0. The standard InChI is InChI=1S/C16H21ClN2O/c1-11-6-5-7-12(2)19(11)18-10-14-13-8-3-4-9-15(13)20-16(14)17/h3-4,8-9,11-12,18H,5-7,10H2,1-2H3. The van der Waals surface area contributed by atoms with Gasteiger partial charge in [0.15, 0.2) is 5.22 Å². The van der Waals surface area contributed by atoms with E-state index in [-0.39, 0.29) is 0 Å². The van der Waals surface area contributed by atoms with E-state index >= 15 is 0 Å². The molecule has 1 aromatic heterocycles. The van der Waals surface area contributed by atoms with Crippen LogP contribution in [0.3, 0.4) is 0 Å². The number of hydrogen-bond acceptors (Lipinski definition) is 3. The average molecular weight is 293 g/mol. The number of nitrogens with zero attached hydrogens (tertiary/aromatic N) is 1. The molecule has 0 spiro atoms. The third kappa shape index (κ3) is 2.58. The van der Waals surface area contributed by atoms with Crippen molar-refractivity contribution in [2.45, 2.75) is 51.7 Å². The van der Waals surface area contributed by atoms with Gasteiger partial charge in [0.2, 0.25) is 0 Å². The van der Waals surface area contributed by atoms with E-state index in [4.69, 9.17) is 16.0 Å². The number of hydrazine groups is 1. The highest BCUT2D eigenvalue weighted by Crippen LogP contribution is 2.30. The quantitative estimate of drug-likeness (QED) is 0.911. The Kier molecular flexibility index (Phi) is 4.01. The number of para-hydroxylation sites is 1. The highest BCUT2D eigenvalue weighted by atomic mass is 35.5. The Balaban J connectivity index is 1.78. The largest absolute Gasteiger partial charge is 0.444 e. The Morgan fingerprint density at radius 1 is 1.25 bits per heavy atom. The third-order valence-corrected chi connectivity index (χ3v) is 4.59. The summed E-state index contributed by atoms with van der Waals surface area (Å²) in [5, 5.41) is 3.96. The van der Waals surface area contributed by atoms with Gasteiger partial charge in [-0.15, -0.1) is 0 Å². The lowest BCUT2D eigenvalue weighted by Crippen LogP contribution is -2.51. The number of hydrogen-bond donors (Lipinski definition) is 1. The summed E-state index contributed by atoms with van der Waals surface area (Å²) in [6.45, 7) is 5.26. The second kappa shape index (κ2) is 5.76. The monoisotopic (exact) mass is 292 g/mol. The summed E-state index contributed by atoms with van der Waals surface area (Å²) in [7, 11) is 0. The predicted octanol–water partition coefficient (Wildman–Crippen LogP) is 4.35. The van der Waals surface area contributed by atoms with Crippen LogP contribution in [0.5, 0.6) is 0 Å². The van der Waals surface area contributed by atoms with E-state index in [9.17, 15) is 0 Å². The molecule has 0 aliphatic carbocycles.